The Kier molecular flexibility index (Phi) is 4.72. The zero-order valence-electron chi connectivity index (χ0n) is 11.2. The molecule has 1 aliphatic rings. The molecule has 7 heteroatoms. The predicted molar refractivity (Wildman–Crippen MR) is 80.6 cm³/mol. The Morgan fingerprint density at radius 3 is 2.45 bits per heavy atom. The summed E-state index contributed by atoms with van der Waals surface area (Å²) in [5, 5.41) is 0. The van der Waals surface area contributed by atoms with Gasteiger partial charge in [-0.2, -0.15) is 0 Å². The molecule has 2 rings (SSSR count). The first kappa shape index (κ1) is 15.3. The second-order valence-electron chi connectivity index (χ2n) is 4.97. The van der Waals surface area contributed by atoms with Crippen molar-refractivity contribution >= 4 is 28.6 Å². The van der Waals surface area contributed by atoms with Crippen molar-refractivity contribution in [1.82, 2.24) is 9.62 Å². The Labute approximate surface area is 124 Å². The molecule has 0 atom stereocenters. The summed E-state index contributed by atoms with van der Waals surface area (Å²) in [6, 6.07) is 7.10. The minimum Gasteiger partial charge on any atom is -0.338 e. The van der Waals surface area contributed by atoms with Crippen molar-refractivity contribution in [1.29, 1.82) is 0 Å². The van der Waals surface area contributed by atoms with Crippen molar-refractivity contribution in [2.75, 3.05) is 19.3 Å². The Morgan fingerprint density at radius 1 is 1.30 bits per heavy atom. The van der Waals surface area contributed by atoms with Gasteiger partial charge in [0.1, 0.15) is 0 Å². The van der Waals surface area contributed by atoms with Gasteiger partial charge in [-0.05, 0) is 25.0 Å². The third-order valence-corrected chi connectivity index (χ3v) is 4.45. The zero-order valence-corrected chi connectivity index (χ0v) is 13.0. The first-order chi connectivity index (χ1) is 9.37. The fourth-order valence-corrected chi connectivity index (χ4v) is 3.43. The highest BCUT2D eigenvalue weighted by molar-refractivity contribution is 7.88. The van der Waals surface area contributed by atoms with Crippen LogP contribution in [0.4, 0.5) is 0 Å². The summed E-state index contributed by atoms with van der Waals surface area (Å²) in [4.78, 5) is 14.8. The number of piperidine rings is 1. The second kappa shape index (κ2) is 6.15. The SMILES string of the molecule is CS(=O)(=O)NC1CCN(C(=O)c2ccccc2S)CC1. The Morgan fingerprint density at radius 2 is 1.90 bits per heavy atom. The fraction of sp³-hybridized carbons (Fsp3) is 0.462. The number of hydrogen-bond acceptors (Lipinski definition) is 4. The van der Waals surface area contributed by atoms with Gasteiger partial charge in [0.15, 0.2) is 0 Å². The molecule has 1 heterocycles. The predicted octanol–water partition coefficient (Wildman–Crippen LogP) is 1.13. The van der Waals surface area contributed by atoms with E-state index in [2.05, 4.69) is 17.4 Å². The van der Waals surface area contributed by atoms with Crippen molar-refractivity contribution in [2.45, 2.75) is 23.8 Å². The van der Waals surface area contributed by atoms with Crippen molar-refractivity contribution in [3.63, 3.8) is 0 Å². The summed E-state index contributed by atoms with van der Waals surface area (Å²) in [7, 11) is -3.19. The van der Waals surface area contributed by atoms with Crippen molar-refractivity contribution in [3.8, 4) is 0 Å². The maximum atomic E-state index is 12.4. The molecule has 1 fully saturated rings. The third-order valence-electron chi connectivity index (χ3n) is 3.30. The molecule has 0 aromatic heterocycles. The minimum absolute atomic E-state index is 0.0478. The molecule has 110 valence electrons. The summed E-state index contributed by atoms with van der Waals surface area (Å²) < 4.78 is 24.9. The summed E-state index contributed by atoms with van der Waals surface area (Å²) in [6.07, 6.45) is 2.42. The highest BCUT2D eigenvalue weighted by atomic mass is 32.2. The van der Waals surface area contributed by atoms with E-state index in [9.17, 15) is 13.2 Å². The number of nitrogens with one attached hydrogen (secondary N) is 1. The Bertz CT molecular complexity index is 593. The maximum Gasteiger partial charge on any atom is 0.254 e. The Balaban J connectivity index is 1.97. The van der Waals surface area contributed by atoms with Crippen LogP contribution in [0.25, 0.3) is 0 Å². The van der Waals surface area contributed by atoms with E-state index in [0.29, 0.717) is 36.4 Å². The number of rotatable bonds is 3. The van der Waals surface area contributed by atoms with E-state index < -0.39 is 10.0 Å². The molecule has 1 saturated heterocycles. The molecule has 5 nitrogen and oxygen atoms in total. The highest BCUT2D eigenvalue weighted by Crippen LogP contribution is 2.19. The van der Waals surface area contributed by atoms with Crippen LogP contribution < -0.4 is 4.72 Å². The highest BCUT2D eigenvalue weighted by Gasteiger charge is 2.25. The van der Waals surface area contributed by atoms with Crippen LogP contribution in [0.2, 0.25) is 0 Å². The van der Waals surface area contributed by atoms with Gasteiger partial charge in [-0.25, -0.2) is 13.1 Å². The van der Waals surface area contributed by atoms with E-state index >= 15 is 0 Å². The number of thiol groups is 1. The normalized spacial score (nSPS) is 17.2. The van der Waals surface area contributed by atoms with Gasteiger partial charge in [0.25, 0.3) is 5.91 Å². The molecule has 0 radical (unpaired) electrons. The number of amides is 1. The summed E-state index contributed by atoms with van der Waals surface area (Å²) in [5.74, 6) is -0.0478. The molecule has 1 N–H and O–H groups in total. The number of nitrogens with zero attached hydrogens (tertiary/aromatic N) is 1. The van der Waals surface area contributed by atoms with Gasteiger partial charge in [0, 0.05) is 24.0 Å². The molecule has 0 bridgehead atoms. The van der Waals surface area contributed by atoms with Gasteiger partial charge in [-0.15, -0.1) is 12.6 Å². The van der Waals surface area contributed by atoms with Gasteiger partial charge in [0.2, 0.25) is 10.0 Å². The lowest BCUT2D eigenvalue weighted by atomic mass is 10.0. The number of likely N-dealkylation sites (tertiary alicyclic amines) is 1. The van der Waals surface area contributed by atoms with Crippen LogP contribution in [-0.4, -0.2) is 44.6 Å². The summed E-state index contributed by atoms with van der Waals surface area (Å²) >= 11 is 4.29. The van der Waals surface area contributed by atoms with Crippen molar-refractivity contribution in [2.24, 2.45) is 0 Å². The van der Waals surface area contributed by atoms with Gasteiger partial charge in [-0.1, -0.05) is 12.1 Å². The average molecular weight is 314 g/mol. The van der Waals surface area contributed by atoms with Gasteiger partial charge in [-0.3, -0.25) is 4.79 Å². The lowest BCUT2D eigenvalue weighted by Crippen LogP contribution is -2.46. The molecule has 0 spiro atoms. The van der Waals surface area contributed by atoms with E-state index in [1.807, 2.05) is 12.1 Å². The largest absolute Gasteiger partial charge is 0.338 e. The van der Waals surface area contributed by atoms with Crippen molar-refractivity contribution < 1.29 is 13.2 Å². The molecule has 1 amide bonds. The molecule has 20 heavy (non-hydrogen) atoms. The standard InChI is InChI=1S/C13H18N2O3S2/c1-20(17,18)14-10-6-8-15(9-7-10)13(16)11-4-2-3-5-12(11)19/h2-5,10,14,19H,6-9H2,1H3. The molecule has 0 unspecified atom stereocenters. The minimum atomic E-state index is -3.19. The van der Waals surface area contributed by atoms with Crippen LogP contribution in [-0.2, 0) is 10.0 Å². The number of benzene rings is 1. The van der Waals surface area contributed by atoms with Crippen LogP contribution in [0.1, 0.15) is 23.2 Å². The van der Waals surface area contributed by atoms with Crippen LogP contribution in [0.3, 0.4) is 0 Å². The van der Waals surface area contributed by atoms with Crippen LogP contribution in [0.5, 0.6) is 0 Å². The number of carbonyl (C=O) groups excluding carboxylic acids is 1. The molecule has 1 aliphatic heterocycles. The number of carbonyl (C=O) groups is 1. The molecule has 1 aromatic carbocycles. The van der Waals surface area contributed by atoms with E-state index in [1.165, 1.54) is 0 Å². The summed E-state index contributed by atoms with van der Waals surface area (Å²) in [5.41, 5.74) is 0.588. The van der Waals surface area contributed by atoms with E-state index in [4.69, 9.17) is 0 Å². The lowest BCUT2D eigenvalue weighted by molar-refractivity contribution is 0.0708. The summed E-state index contributed by atoms with van der Waals surface area (Å²) in [6.45, 7) is 1.10. The van der Waals surface area contributed by atoms with Crippen LogP contribution in [0.15, 0.2) is 29.2 Å². The van der Waals surface area contributed by atoms with E-state index in [0.717, 1.165) is 6.26 Å². The number of hydrogen-bond donors (Lipinski definition) is 2. The smallest absolute Gasteiger partial charge is 0.254 e. The molecule has 0 saturated carbocycles. The van der Waals surface area contributed by atoms with Gasteiger partial charge >= 0.3 is 0 Å². The van der Waals surface area contributed by atoms with Crippen LogP contribution >= 0.6 is 12.6 Å². The van der Waals surface area contributed by atoms with Gasteiger partial charge < -0.3 is 4.90 Å². The van der Waals surface area contributed by atoms with E-state index in [-0.39, 0.29) is 11.9 Å². The lowest BCUT2D eigenvalue weighted by Gasteiger charge is -2.32. The Hall–Kier alpha value is -1.05. The quantitative estimate of drug-likeness (QED) is 0.822. The molecule has 1 aromatic rings. The van der Waals surface area contributed by atoms with Gasteiger partial charge in [0.05, 0.1) is 11.8 Å². The second-order valence-corrected chi connectivity index (χ2v) is 7.24. The third kappa shape index (κ3) is 3.97. The molecule has 0 aliphatic carbocycles. The monoisotopic (exact) mass is 314 g/mol. The topological polar surface area (TPSA) is 66.5 Å². The maximum absolute atomic E-state index is 12.4. The first-order valence-electron chi connectivity index (χ1n) is 6.41. The molecular formula is C13H18N2O3S2. The average Bonchev–Trinajstić information content (AvgIpc) is 2.37. The zero-order chi connectivity index (χ0) is 14.8. The van der Waals surface area contributed by atoms with Crippen molar-refractivity contribution in [3.05, 3.63) is 29.8 Å². The number of sulfonamides is 1. The first-order valence-corrected chi connectivity index (χ1v) is 8.75. The molecular weight excluding hydrogens is 296 g/mol. The fourth-order valence-electron chi connectivity index (χ4n) is 2.33. The van der Waals surface area contributed by atoms with Crippen LogP contribution in [0, 0.1) is 0 Å². The van der Waals surface area contributed by atoms with E-state index in [1.54, 1.807) is 17.0 Å².